The maximum absolute atomic E-state index is 12.3. The van der Waals surface area contributed by atoms with E-state index in [1.807, 2.05) is 18.2 Å². The molecule has 1 aliphatic carbocycles. The molecular weight excluding hydrogens is 436 g/mol. The van der Waals surface area contributed by atoms with Gasteiger partial charge in [0.1, 0.15) is 5.75 Å². The minimum atomic E-state index is -0.330. The van der Waals surface area contributed by atoms with E-state index >= 15 is 0 Å². The van der Waals surface area contributed by atoms with Gasteiger partial charge in [-0.25, -0.2) is 4.79 Å². The molecule has 0 bridgehead atoms. The van der Waals surface area contributed by atoms with Crippen LogP contribution in [-0.2, 0) is 17.6 Å². The van der Waals surface area contributed by atoms with E-state index < -0.39 is 0 Å². The summed E-state index contributed by atoms with van der Waals surface area (Å²) in [4.78, 5) is 14.7. The number of fused-ring (bicyclic) bond motifs is 2. The normalized spacial score (nSPS) is 21.2. The summed E-state index contributed by atoms with van der Waals surface area (Å²) in [6, 6.07) is 11.9. The van der Waals surface area contributed by atoms with Gasteiger partial charge in [0.15, 0.2) is 0 Å². The molecule has 0 spiro atoms. The predicted molar refractivity (Wildman–Crippen MR) is 133 cm³/mol. The molecule has 2 aromatic rings. The summed E-state index contributed by atoms with van der Waals surface area (Å²) in [7, 11) is 1.42. The van der Waals surface area contributed by atoms with Crippen molar-refractivity contribution in [2.75, 3.05) is 38.3 Å². The van der Waals surface area contributed by atoms with Gasteiger partial charge in [0.05, 0.1) is 25.0 Å². The molecule has 0 unspecified atom stereocenters. The minimum absolute atomic E-state index is 0.330. The van der Waals surface area contributed by atoms with Gasteiger partial charge in [0.2, 0.25) is 0 Å². The summed E-state index contributed by atoms with van der Waals surface area (Å²) in [5.74, 6) is 1.63. The summed E-state index contributed by atoms with van der Waals surface area (Å²) in [6.07, 6.45) is 7.55. The van der Waals surface area contributed by atoms with Gasteiger partial charge in [-0.15, -0.1) is 0 Å². The van der Waals surface area contributed by atoms with Crippen LogP contribution in [0.15, 0.2) is 36.4 Å². The highest BCUT2D eigenvalue weighted by molar-refractivity contribution is 6.30. The van der Waals surface area contributed by atoms with Crippen LogP contribution in [0.1, 0.15) is 53.6 Å². The number of anilines is 1. The number of esters is 1. The molecule has 1 fully saturated rings. The number of nitrogens with two attached hydrogens (primary N) is 1. The molecule has 6 heteroatoms. The topological polar surface area (TPSA) is 64.8 Å². The van der Waals surface area contributed by atoms with Crippen LogP contribution < -0.4 is 15.4 Å². The zero-order chi connectivity index (χ0) is 23.2. The Morgan fingerprint density at radius 2 is 1.94 bits per heavy atom. The molecular formula is C27H35ClN2O3. The lowest BCUT2D eigenvalue weighted by atomic mass is 9.73. The van der Waals surface area contributed by atoms with E-state index in [0.29, 0.717) is 24.0 Å². The number of rotatable bonds is 4. The molecule has 2 aliphatic rings. The lowest BCUT2D eigenvalue weighted by Gasteiger charge is -2.40. The van der Waals surface area contributed by atoms with E-state index in [9.17, 15) is 4.79 Å². The number of nitrogens with zero attached hydrogens (tertiary/aromatic N) is 1. The zero-order valence-corrected chi connectivity index (χ0v) is 20.3. The van der Waals surface area contributed by atoms with Crippen molar-refractivity contribution in [3.63, 3.8) is 0 Å². The summed E-state index contributed by atoms with van der Waals surface area (Å²) in [5.41, 5.74) is 10.2. The number of carbonyl (C=O) groups is 1. The van der Waals surface area contributed by atoms with Crippen LogP contribution in [-0.4, -0.2) is 39.3 Å². The predicted octanol–water partition coefficient (Wildman–Crippen LogP) is 5.27. The van der Waals surface area contributed by atoms with Crippen LogP contribution in [0.2, 0.25) is 5.02 Å². The Labute approximate surface area is 202 Å². The second-order valence-corrected chi connectivity index (χ2v) is 9.71. The molecule has 0 radical (unpaired) electrons. The maximum atomic E-state index is 12.3. The van der Waals surface area contributed by atoms with Crippen LogP contribution in [0, 0.1) is 11.8 Å². The SMILES string of the molecule is COC(=O)c1ccc2c(c1)N(C[C@@H]1CC[C@H]1CN)CCc1ccc(Cl)cc1CCCCCO2. The number of halogens is 1. The number of benzene rings is 2. The Balaban J connectivity index is 1.69. The molecule has 2 N–H and O–H groups in total. The molecule has 1 aliphatic heterocycles. The Bertz CT molecular complexity index is 962. The fourth-order valence-corrected chi connectivity index (χ4v) is 5.21. The number of hydrogen-bond donors (Lipinski definition) is 1. The first-order chi connectivity index (χ1) is 16.1. The number of hydrogen-bond acceptors (Lipinski definition) is 5. The van der Waals surface area contributed by atoms with E-state index in [0.717, 1.165) is 68.2 Å². The molecule has 178 valence electrons. The highest BCUT2D eigenvalue weighted by atomic mass is 35.5. The van der Waals surface area contributed by atoms with Gasteiger partial charge in [-0.3, -0.25) is 0 Å². The lowest BCUT2D eigenvalue weighted by molar-refractivity contribution is 0.0600. The molecule has 5 nitrogen and oxygen atoms in total. The first kappa shape index (κ1) is 23.9. The monoisotopic (exact) mass is 470 g/mol. The minimum Gasteiger partial charge on any atom is -0.491 e. The summed E-state index contributed by atoms with van der Waals surface area (Å²) in [5, 5.41) is 0.798. The van der Waals surface area contributed by atoms with Gasteiger partial charge in [0, 0.05) is 18.1 Å². The number of ether oxygens (including phenoxy) is 2. The van der Waals surface area contributed by atoms with E-state index in [1.54, 1.807) is 6.07 Å². The second-order valence-electron chi connectivity index (χ2n) is 9.28. The van der Waals surface area contributed by atoms with Crippen LogP contribution in [0.4, 0.5) is 5.69 Å². The van der Waals surface area contributed by atoms with Gasteiger partial charge in [-0.2, -0.15) is 0 Å². The number of carbonyl (C=O) groups excluding carboxylic acids is 1. The van der Waals surface area contributed by atoms with Gasteiger partial charge >= 0.3 is 5.97 Å². The van der Waals surface area contributed by atoms with Gasteiger partial charge in [0.25, 0.3) is 0 Å². The van der Waals surface area contributed by atoms with E-state index in [2.05, 4.69) is 17.0 Å². The fraction of sp³-hybridized carbons (Fsp3) is 0.519. The summed E-state index contributed by atoms with van der Waals surface area (Å²) < 4.78 is 11.2. The van der Waals surface area contributed by atoms with Gasteiger partial charge < -0.3 is 20.1 Å². The van der Waals surface area contributed by atoms with Crippen LogP contribution >= 0.6 is 11.6 Å². The average Bonchev–Trinajstić information content (AvgIpc) is 2.82. The highest BCUT2D eigenvalue weighted by Crippen LogP contribution is 2.38. The maximum Gasteiger partial charge on any atom is 0.337 e. The molecule has 1 heterocycles. The van der Waals surface area contributed by atoms with Crippen molar-refractivity contribution < 1.29 is 14.3 Å². The molecule has 0 saturated heterocycles. The first-order valence-corrected chi connectivity index (χ1v) is 12.5. The summed E-state index contributed by atoms with van der Waals surface area (Å²) in [6.45, 7) is 3.14. The largest absolute Gasteiger partial charge is 0.491 e. The molecule has 0 amide bonds. The molecule has 0 aromatic heterocycles. The van der Waals surface area contributed by atoms with E-state index in [1.165, 1.54) is 31.1 Å². The van der Waals surface area contributed by atoms with Crippen molar-refractivity contribution in [1.29, 1.82) is 0 Å². The Hall–Kier alpha value is -2.24. The van der Waals surface area contributed by atoms with Crippen LogP contribution in [0.25, 0.3) is 0 Å². The third-order valence-corrected chi connectivity index (χ3v) is 7.46. The molecule has 2 aromatic carbocycles. The van der Waals surface area contributed by atoms with Crippen LogP contribution in [0.5, 0.6) is 5.75 Å². The second kappa shape index (κ2) is 11.3. The number of aryl methyl sites for hydroxylation is 1. The van der Waals surface area contributed by atoms with Crippen molar-refractivity contribution in [1.82, 2.24) is 0 Å². The van der Waals surface area contributed by atoms with Crippen molar-refractivity contribution >= 4 is 23.3 Å². The lowest BCUT2D eigenvalue weighted by Crippen LogP contribution is -2.42. The van der Waals surface area contributed by atoms with Gasteiger partial charge in [-0.05, 0) is 105 Å². The third kappa shape index (κ3) is 5.82. The van der Waals surface area contributed by atoms with E-state index in [-0.39, 0.29) is 5.97 Å². The Morgan fingerprint density at radius 3 is 2.70 bits per heavy atom. The van der Waals surface area contributed by atoms with Crippen molar-refractivity contribution in [2.45, 2.75) is 44.9 Å². The molecule has 4 rings (SSSR count). The molecule has 33 heavy (non-hydrogen) atoms. The molecule has 1 saturated carbocycles. The zero-order valence-electron chi connectivity index (χ0n) is 19.5. The Morgan fingerprint density at radius 1 is 1.09 bits per heavy atom. The quantitative estimate of drug-likeness (QED) is 0.617. The summed E-state index contributed by atoms with van der Waals surface area (Å²) >= 11 is 6.33. The van der Waals surface area contributed by atoms with Crippen molar-refractivity contribution in [3.05, 3.63) is 58.1 Å². The highest BCUT2D eigenvalue weighted by Gasteiger charge is 2.32. The number of methoxy groups -OCH3 is 1. The smallest absolute Gasteiger partial charge is 0.337 e. The van der Waals surface area contributed by atoms with E-state index in [4.69, 9.17) is 26.8 Å². The average molecular weight is 471 g/mol. The molecule has 2 atom stereocenters. The van der Waals surface area contributed by atoms with Crippen molar-refractivity contribution in [3.8, 4) is 5.75 Å². The van der Waals surface area contributed by atoms with Gasteiger partial charge in [-0.1, -0.05) is 17.7 Å². The fourth-order valence-electron chi connectivity index (χ4n) is 5.02. The third-order valence-electron chi connectivity index (χ3n) is 7.22. The Kier molecular flexibility index (Phi) is 8.15. The standard InChI is InChI=1S/C27H35ClN2O3/c1-32-27(31)21-9-11-26-25(16-21)30(18-23-7-6-22(23)17-29)13-12-19-8-10-24(28)15-20(19)5-3-2-4-14-33-26/h8-11,15-16,22-23H,2-7,12-14,17-18,29H2,1H3/t22-,23-/m0/s1. The first-order valence-electron chi connectivity index (χ1n) is 12.2. The van der Waals surface area contributed by atoms with Crippen molar-refractivity contribution in [2.24, 2.45) is 17.6 Å². The van der Waals surface area contributed by atoms with Crippen LogP contribution in [0.3, 0.4) is 0 Å².